The molecule has 0 saturated carbocycles. The van der Waals surface area contributed by atoms with Gasteiger partial charge in [0.2, 0.25) is 5.91 Å². The second kappa shape index (κ2) is 6.62. The Morgan fingerprint density at radius 2 is 1.70 bits per heavy atom. The fraction of sp³-hybridized carbons (Fsp3) is 0.235. The maximum Gasteiger partial charge on any atom is 0.234 e. The third kappa shape index (κ3) is 4.14. The summed E-state index contributed by atoms with van der Waals surface area (Å²) >= 11 is 1.57. The van der Waals surface area contributed by atoms with Crippen molar-refractivity contribution in [3.05, 3.63) is 59.2 Å². The number of carbonyl (C=O) groups excluding carboxylic acids is 1. The van der Waals surface area contributed by atoms with E-state index in [-0.39, 0.29) is 5.91 Å². The number of aryl methyl sites for hydroxylation is 3. The normalized spacial score (nSPS) is 10.3. The summed E-state index contributed by atoms with van der Waals surface area (Å²) in [5, 5.41) is 2.95. The van der Waals surface area contributed by atoms with E-state index in [0.29, 0.717) is 5.75 Å². The van der Waals surface area contributed by atoms with E-state index in [9.17, 15) is 4.79 Å². The zero-order valence-electron chi connectivity index (χ0n) is 12.1. The Kier molecular flexibility index (Phi) is 4.85. The minimum absolute atomic E-state index is 0.0308. The lowest BCUT2D eigenvalue weighted by Gasteiger charge is -2.08. The summed E-state index contributed by atoms with van der Waals surface area (Å²) in [6.45, 7) is 6.12. The fourth-order valence-electron chi connectivity index (χ4n) is 2.11. The molecule has 0 saturated heterocycles. The molecule has 1 N–H and O–H groups in total. The Morgan fingerprint density at radius 3 is 2.35 bits per heavy atom. The smallest absolute Gasteiger partial charge is 0.234 e. The van der Waals surface area contributed by atoms with Crippen LogP contribution in [0.1, 0.15) is 16.7 Å². The number of benzene rings is 2. The van der Waals surface area contributed by atoms with E-state index in [1.165, 1.54) is 5.56 Å². The highest BCUT2D eigenvalue weighted by atomic mass is 32.2. The second-order valence-electron chi connectivity index (χ2n) is 4.98. The molecule has 1 amide bonds. The van der Waals surface area contributed by atoms with E-state index in [2.05, 4.69) is 24.4 Å². The average molecular weight is 285 g/mol. The van der Waals surface area contributed by atoms with E-state index in [1.807, 2.05) is 44.2 Å². The number of amides is 1. The van der Waals surface area contributed by atoms with Gasteiger partial charge in [-0.2, -0.15) is 0 Å². The quantitative estimate of drug-likeness (QED) is 0.847. The van der Waals surface area contributed by atoms with E-state index in [4.69, 9.17) is 0 Å². The SMILES string of the molecule is Cc1cc(C)cc(NC(=O)CSc2ccccc2C)c1. The Bertz CT molecular complexity index is 602. The predicted molar refractivity (Wildman–Crippen MR) is 86.4 cm³/mol. The van der Waals surface area contributed by atoms with Crippen molar-refractivity contribution in [1.29, 1.82) is 0 Å². The van der Waals surface area contributed by atoms with Crippen LogP contribution in [0, 0.1) is 20.8 Å². The van der Waals surface area contributed by atoms with Gasteiger partial charge in [0.1, 0.15) is 0 Å². The minimum atomic E-state index is 0.0308. The average Bonchev–Trinajstić information content (AvgIpc) is 2.36. The molecular formula is C17H19NOS. The number of nitrogens with one attached hydrogen (secondary N) is 1. The van der Waals surface area contributed by atoms with Crippen molar-refractivity contribution in [1.82, 2.24) is 0 Å². The van der Waals surface area contributed by atoms with E-state index in [1.54, 1.807) is 11.8 Å². The number of rotatable bonds is 4. The number of thioether (sulfide) groups is 1. The molecule has 0 radical (unpaired) electrons. The van der Waals surface area contributed by atoms with Gasteiger partial charge in [0.25, 0.3) is 0 Å². The van der Waals surface area contributed by atoms with Gasteiger partial charge in [-0.1, -0.05) is 24.3 Å². The highest BCUT2D eigenvalue weighted by molar-refractivity contribution is 8.00. The summed E-state index contributed by atoms with van der Waals surface area (Å²) in [7, 11) is 0. The summed E-state index contributed by atoms with van der Waals surface area (Å²) < 4.78 is 0. The Morgan fingerprint density at radius 1 is 1.05 bits per heavy atom. The standard InChI is InChI=1S/C17H19NOS/c1-12-8-13(2)10-15(9-12)18-17(19)11-20-16-7-5-4-6-14(16)3/h4-10H,11H2,1-3H3,(H,18,19). The van der Waals surface area contributed by atoms with Gasteiger partial charge in [0.15, 0.2) is 0 Å². The van der Waals surface area contributed by atoms with Crippen molar-refractivity contribution >= 4 is 23.4 Å². The molecule has 2 nitrogen and oxygen atoms in total. The number of hydrogen-bond acceptors (Lipinski definition) is 2. The lowest BCUT2D eigenvalue weighted by molar-refractivity contribution is -0.113. The second-order valence-corrected chi connectivity index (χ2v) is 6.00. The summed E-state index contributed by atoms with van der Waals surface area (Å²) in [5.74, 6) is 0.459. The van der Waals surface area contributed by atoms with Gasteiger partial charge in [-0.3, -0.25) is 4.79 Å². The van der Waals surface area contributed by atoms with Crippen LogP contribution >= 0.6 is 11.8 Å². The molecule has 20 heavy (non-hydrogen) atoms. The van der Waals surface area contributed by atoms with Crippen LogP contribution in [0.15, 0.2) is 47.4 Å². The van der Waals surface area contributed by atoms with Gasteiger partial charge < -0.3 is 5.32 Å². The van der Waals surface area contributed by atoms with E-state index < -0.39 is 0 Å². The molecule has 2 rings (SSSR count). The van der Waals surface area contributed by atoms with Crippen molar-refractivity contribution in [2.24, 2.45) is 0 Å². The largest absolute Gasteiger partial charge is 0.325 e. The zero-order valence-corrected chi connectivity index (χ0v) is 12.9. The van der Waals surface area contributed by atoms with Crippen molar-refractivity contribution < 1.29 is 4.79 Å². The molecule has 0 aliphatic heterocycles. The van der Waals surface area contributed by atoms with Gasteiger partial charge >= 0.3 is 0 Å². The molecule has 104 valence electrons. The number of hydrogen-bond donors (Lipinski definition) is 1. The van der Waals surface area contributed by atoms with Gasteiger partial charge in [0.05, 0.1) is 5.75 Å². The maximum absolute atomic E-state index is 12.0. The van der Waals surface area contributed by atoms with Crippen LogP contribution in [0.3, 0.4) is 0 Å². The first-order valence-electron chi connectivity index (χ1n) is 6.61. The van der Waals surface area contributed by atoms with Gasteiger partial charge in [-0.05, 0) is 55.7 Å². The van der Waals surface area contributed by atoms with Crippen molar-refractivity contribution in [2.45, 2.75) is 25.7 Å². The summed E-state index contributed by atoms with van der Waals surface area (Å²) in [4.78, 5) is 13.1. The third-order valence-electron chi connectivity index (χ3n) is 2.96. The molecule has 0 aliphatic rings. The predicted octanol–water partition coefficient (Wildman–Crippen LogP) is 4.34. The molecule has 0 fully saturated rings. The summed E-state index contributed by atoms with van der Waals surface area (Å²) in [6, 6.07) is 14.2. The third-order valence-corrected chi connectivity index (χ3v) is 4.13. The van der Waals surface area contributed by atoms with Crippen molar-refractivity contribution in [3.63, 3.8) is 0 Å². The Labute approximate surface area is 124 Å². The minimum Gasteiger partial charge on any atom is -0.325 e. The Hall–Kier alpha value is -1.74. The van der Waals surface area contributed by atoms with E-state index >= 15 is 0 Å². The highest BCUT2D eigenvalue weighted by Crippen LogP contribution is 2.22. The molecule has 3 heteroatoms. The van der Waals surface area contributed by atoms with Crippen LogP contribution in [-0.4, -0.2) is 11.7 Å². The molecule has 0 atom stereocenters. The molecule has 0 heterocycles. The van der Waals surface area contributed by atoms with Gasteiger partial charge in [-0.15, -0.1) is 11.8 Å². The Balaban J connectivity index is 1.94. The molecule has 0 bridgehead atoms. The van der Waals surface area contributed by atoms with Crippen molar-refractivity contribution in [3.8, 4) is 0 Å². The van der Waals surface area contributed by atoms with Crippen LogP contribution in [-0.2, 0) is 4.79 Å². The lowest BCUT2D eigenvalue weighted by atomic mass is 10.1. The zero-order chi connectivity index (χ0) is 14.5. The molecule has 0 aliphatic carbocycles. The molecular weight excluding hydrogens is 266 g/mol. The van der Waals surface area contributed by atoms with Gasteiger partial charge in [-0.25, -0.2) is 0 Å². The monoisotopic (exact) mass is 285 g/mol. The van der Waals surface area contributed by atoms with Crippen LogP contribution in [0.4, 0.5) is 5.69 Å². The van der Waals surface area contributed by atoms with Crippen LogP contribution in [0.5, 0.6) is 0 Å². The highest BCUT2D eigenvalue weighted by Gasteiger charge is 2.05. The van der Waals surface area contributed by atoms with Crippen LogP contribution in [0.2, 0.25) is 0 Å². The molecule has 2 aromatic carbocycles. The van der Waals surface area contributed by atoms with Crippen LogP contribution in [0.25, 0.3) is 0 Å². The van der Waals surface area contributed by atoms with Gasteiger partial charge in [0, 0.05) is 10.6 Å². The van der Waals surface area contributed by atoms with Crippen LogP contribution < -0.4 is 5.32 Å². The first kappa shape index (κ1) is 14.7. The first-order valence-corrected chi connectivity index (χ1v) is 7.60. The molecule has 2 aromatic rings. The topological polar surface area (TPSA) is 29.1 Å². The first-order chi connectivity index (χ1) is 9.54. The summed E-state index contributed by atoms with van der Waals surface area (Å²) in [5.41, 5.74) is 4.40. The molecule has 0 aromatic heterocycles. The van der Waals surface area contributed by atoms with E-state index in [0.717, 1.165) is 21.7 Å². The van der Waals surface area contributed by atoms with Crippen molar-refractivity contribution in [2.75, 3.05) is 11.1 Å². The molecule has 0 spiro atoms. The summed E-state index contributed by atoms with van der Waals surface area (Å²) in [6.07, 6.45) is 0. The lowest BCUT2D eigenvalue weighted by Crippen LogP contribution is -2.14. The fourth-order valence-corrected chi connectivity index (χ4v) is 2.93. The number of anilines is 1. The number of carbonyl (C=O) groups is 1. The maximum atomic E-state index is 12.0. The molecule has 0 unspecified atom stereocenters.